The third-order valence-corrected chi connectivity index (χ3v) is 3.27. The molecule has 3 aromatic rings. The molecule has 1 aromatic carbocycles. The lowest BCUT2D eigenvalue weighted by atomic mass is 10.2. The minimum Gasteiger partial charge on any atom is -0.321 e. The Labute approximate surface area is 129 Å². The first-order chi connectivity index (χ1) is 10.2. The first-order valence-corrected chi connectivity index (χ1v) is 6.90. The van der Waals surface area contributed by atoms with Crippen LogP contribution < -0.4 is 5.32 Å². The number of amides is 1. The number of carbonyl (C=O) groups is 1. The summed E-state index contributed by atoms with van der Waals surface area (Å²) in [5.41, 5.74) is 1.97. The van der Waals surface area contributed by atoms with Crippen LogP contribution >= 0.6 is 15.9 Å². The molecule has 1 N–H and O–H groups in total. The zero-order valence-corrected chi connectivity index (χ0v) is 12.4. The molecule has 0 saturated heterocycles. The summed E-state index contributed by atoms with van der Waals surface area (Å²) in [6.07, 6.45) is 4.81. The molecule has 104 valence electrons. The van der Waals surface area contributed by atoms with E-state index in [4.69, 9.17) is 0 Å². The molecule has 2 aromatic heterocycles. The second kappa shape index (κ2) is 5.84. The summed E-state index contributed by atoms with van der Waals surface area (Å²) in [4.78, 5) is 16.1. The Hall–Kier alpha value is -2.54. The van der Waals surface area contributed by atoms with Gasteiger partial charge in [-0.2, -0.15) is 0 Å². The molecule has 0 atom stereocenters. The Bertz CT molecular complexity index is 738. The number of hydrogen-bond acceptors (Lipinski definition) is 4. The number of nitrogens with one attached hydrogen (secondary N) is 1. The minimum atomic E-state index is -0.250. The molecule has 6 nitrogen and oxygen atoms in total. The quantitative estimate of drug-likeness (QED) is 0.793. The Balaban J connectivity index is 1.73. The van der Waals surface area contributed by atoms with Gasteiger partial charge in [0, 0.05) is 22.0 Å². The third-order valence-electron chi connectivity index (χ3n) is 2.80. The smallest absolute Gasteiger partial charge is 0.274 e. The summed E-state index contributed by atoms with van der Waals surface area (Å²) in [5, 5.41) is 10.3. The summed E-state index contributed by atoms with van der Waals surface area (Å²) in [6, 6.07) is 10.8. The topological polar surface area (TPSA) is 72.7 Å². The van der Waals surface area contributed by atoms with Crippen molar-refractivity contribution in [2.45, 2.75) is 0 Å². The van der Waals surface area contributed by atoms with Crippen LogP contribution in [0.4, 0.5) is 5.69 Å². The third kappa shape index (κ3) is 3.14. The molecule has 2 heterocycles. The first kappa shape index (κ1) is 13.4. The molecule has 0 aliphatic rings. The Kier molecular flexibility index (Phi) is 3.74. The summed E-state index contributed by atoms with van der Waals surface area (Å²) in [6.45, 7) is 0. The van der Waals surface area contributed by atoms with Crippen LogP contribution in [-0.4, -0.2) is 25.7 Å². The molecule has 21 heavy (non-hydrogen) atoms. The number of rotatable bonds is 3. The predicted molar refractivity (Wildman–Crippen MR) is 81.2 cm³/mol. The highest BCUT2D eigenvalue weighted by Crippen LogP contribution is 2.14. The Morgan fingerprint density at radius 3 is 2.38 bits per heavy atom. The van der Waals surface area contributed by atoms with E-state index in [-0.39, 0.29) is 5.91 Å². The molecule has 0 spiro atoms. The van der Waals surface area contributed by atoms with Crippen molar-refractivity contribution in [3.05, 3.63) is 65.4 Å². The van der Waals surface area contributed by atoms with Crippen LogP contribution in [0, 0.1) is 0 Å². The highest BCUT2D eigenvalue weighted by molar-refractivity contribution is 9.10. The molecule has 0 saturated carbocycles. The molecule has 1 amide bonds. The number of benzene rings is 1. The largest absolute Gasteiger partial charge is 0.321 e. The van der Waals surface area contributed by atoms with Crippen LogP contribution in [-0.2, 0) is 0 Å². The number of aromatic nitrogens is 4. The van der Waals surface area contributed by atoms with Gasteiger partial charge in [-0.05, 0) is 52.3 Å². The van der Waals surface area contributed by atoms with Gasteiger partial charge in [0.15, 0.2) is 0 Å². The van der Waals surface area contributed by atoms with Gasteiger partial charge in [0.1, 0.15) is 18.3 Å². The van der Waals surface area contributed by atoms with Crippen molar-refractivity contribution in [1.82, 2.24) is 19.7 Å². The number of nitrogens with zero attached hydrogens (tertiary/aromatic N) is 4. The molecular weight excluding hydrogens is 334 g/mol. The SMILES string of the molecule is O=C(Nc1ccc(-n2cnnc2)cc1)c1ccc(Br)cn1. The monoisotopic (exact) mass is 343 g/mol. The average Bonchev–Trinajstić information content (AvgIpc) is 3.03. The van der Waals surface area contributed by atoms with E-state index in [2.05, 4.69) is 36.4 Å². The van der Waals surface area contributed by atoms with Crippen molar-refractivity contribution >= 4 is 27.5 Å². The molecule has 0 aliphatic carbocycles. The highest BCUT2D eigenvalue weighted by Gasteiger charge is 2.07. The van der Waals surface area contributed by atoms with E-state index < -0.39 is 0 Å². The van der Waals surface area contributed by atoms with Gasteiger partial charge >= 0.3 is 0 Å². The van der Waals surface area contributed by atoms with Crippen molar-refractivity contribution in [3.8, 4) is 5.69 Å². The maximum atomic E-state index is 12.0. The van der Waals surface area contributed by atoms with Crippen LogP contribution in [0.5, 0.6) is 0 Å². The lowest BCUT2D eigenvalue weighted by Gasteiger charge is -2.06. The van der Waals surface area contributed by atoms with E-state index in [1.165, 1.54) is 0 Å². The van der Waals surface area contributed by atoms with E-state index in [0.29, 0.717) is 11.4 Å². The standard InChI is InChI=1S/C14H10BrN5O/c15-10-1-6-13(16-7-10)14(21)19-11-2-4-12(5-3-11)20-8-17-18-9-20/h1-9H,(H,19,21). The zero-order valence-electron chi connectivity index (χ0n) is 10.8. The fourth-order valence-electron chi connectivity index (χ4n) is 1.76. The van der Waals surface area contributed by atoms with E-state index in [9.17, 15) is 4.79 Å². The van der Waals surface area contributed by atoms with Crippen molar-refractivity contribution in [2.75, 3.05) is 5.32 Å². The number of halogens is 1. The van der Waals surface area contributed by atoms with E-state index in [1.54, 1.807) is 35.6 Å². The van der Waals surface area contributed by atoms with Crippen molar-refractivity contribution < 1.29 is 4.79 Å². The van der Waals surface area contributed by atoms with Crippen LogP contribution in [0.2, 0.25) is 0 Å². The van der Waals surface area contributed by atoms with E-state index in [1.807, 2.05) is 24.3 Å². The second-order valence-corrected chi connectivity index (χ2v) is 5.15. The van der Waals surface area contributed by atoms with Crippen molar-refractivity contribution in [2.24, 2.45) is 0 Å². The summed E-state index contributed by atoms with van der Waals surface area (Å²) >= 11 is 3.28. The molecular formula is C14H10BrN5O. The van der Waals surface area contributed by atoms with Crippen molar-refractivity contribution in [3.63, 3.8) is 0 Å². The summed E-state index contributed by atoms with van der Waals surface area (Å²) in [5.74, 6) is -0.250. The molecule has 0 fully saturated rings. The fourth-order valence-corrected chi connectivity index (χ4v) is 1.99. The number of pyridine rings is 1. The lowest BCUT2D eigenvalue weighted by molar-refractivity contribution is 0.102. The van der Waals surface area contributed by atoms with E-state index in [0.717, 1.165) is 10.2 Å². The lowest BCUT2D eigenvalue weighted by Crippen LogP contribution is -2.13. The predicted octanol–water partition coefficient (Wildman–Crippen LogP) is 2.68. The maximum Gasteiger partial charge on any atom is 0.274 e. The summed E-state index contributed by atoms with van der Waals surface area (Å²) in [7, 11) is 0. The van der Waals surface area contributed by atoms with Crippen molar-refractivity contribution in [1.29, 1.82) is 0 Å². The first-order valence-electron chi connectivity index (χ1n) is 6.10. The molecule has 7 heteroatoms. The van der Waals surface area contributed by atoms with Gasteiger partial charge in [-0.25, -0.2) is 4.98 Å². The number of hydrogen-bond donors (Lipinski definition) is 1. The van der Waals surface area contributed by atoms with Gasteiger partial charge in [-0.1, -0.05) is 0 Å². The molecule has 0 aliphatic heterocycles. The van der Waals surface area contributed by atoms with Gasteiger partial charge in [0.05, 0.1) is 0 Å². The molecule has 0 radical (unpaired) electrons. The number of carbonyl (C=O) groups excluding carboxylic acids is 1. The highest BCUT2D eigenvalue weighted by atomic mass is 79.9. The molecule has 0 unspecified atom stereocenters. The Morgan fingerprint density at radius 1 is 1.05 bits per heavy atom. The van der Waals surface area contributed by atoms with Crippen LogP contribution in [0.3, 0.4) is 0 Å². The summed E-state index contributed by atoms with van der Waals surface area (Å²) < 4.78 is 2.61. The fraction of sp³-hybridized carbons (Fsp3) is 0. The average molecular weight is 344 g/mol. The molecule has 3 rings (SSSR count). The maximum absolute atomic E-state index is 12.0. The van der Waals surface area contributed by atoms with Gasteiger partial charge in [-0.3, -0.25) is 9.36 Å². The van der Waals surface area contributed by atoms with Crippen LogP contribution in [0.1, 0.15) is 10.5 Å². The normalized spacial score (nSPS) is 10.3. The zero-order chi connectivity index (χ0) is 14.7. The Morgan fingerprint density at radius 2 is 1.76 bits per heavy atom. The molecule has 0 bridgehead atoms. The van der Waals surface area contributed by atoms with Gasteiger partial charge < -0.3 is 5.32 Å². The van der Waals surface area contributed by atoms with Gasteiger partial charge in [0.25, 0.3) is 5.91 Å². The number of anilines is 1. The van der Waals surface area contributed by atoms with E-state index >= 15 is 0 Å². The second-order valence-electron chi connectivity index (χ2n) is 4.23. The van der Waals surface area contributed by atoms with Crippen LogP contribution in [0.15, 0.2) is 59.7 Å². The van der Waals surface area contributed by atoms with Gasteiger partial charge in [0.2, 0.25) is 0 Å². The minimum absolute atomic E-state index is 0.250. The van der Waals surface area contributed by atoms with Gasteiger partial charge in [-0.15, -0.1) is 10.2 Å². The van der Waals surface area contributed by atoms with Crippen LogP contribution in [0.25, 0.3) is 5.69 Å².